The molecule has 0 unspecified atom stereocenters. The fourth-order valence-corrected chi connectivity index (χ4v) is 1.21. The summed E-state index contributed by atoms with van der Waals surface area (Å²) in [6, 6.07) is 7.00. The van der Waals surface area contributed by atoms with E-state index < -0.39 is 0 Å². The largest absolute Gasteiger partial charge is 0.351 e. The molecule has 0 bridgehead atoms. The monoisotopic (exact) mass is 222 g/mol. The number of benzene rings is 1. The highest BCUT2D eigenvalue weighted by molar-refractivity contribution is 5.94. The summed E-state index contributed by atoms with van der Waals surface area (Å²) in [7, 11) is 3.93. The molecule has 0 aliphatic heterocycles. The highest BCUT2D eigenvalue weighted by Gasteiger charge is 2.04. The Morgan fingerprint density at radius 3 is 2.44 bits per heavy atom. The average molecular weight is 222 g/mol. The molecule has 0 saturated heterocycles. The second kappa shape index (κ2) is 6.09. The van der Waals surface area contributed by atoms with Crippen LogP contribution >= 0.6 is 0 Å². The molecule has 0 fully saturated rings. The van der Waals surface area contributed by atoms with Crippen LogP contribution in [0.2, 0.25) is 0 Å². The standard InChI is InChI=1S/C11H18N4O/c1-15(2)8-7-13-11(16)9-3-5-10(14-12)6-4-9/h3-6,14H,7-8,12H2,1-2H3,(H,13,16). The van der Waals surface area contributed by atoms with Crippen molar-refractivity contribution in [1.29, 1.82) is 0 Å². The fraction of sp³-hybridized carbons (Fsp3) is 0.364. The van der Waals surface area contributed by atoms with Crippen LogP contribution in [0.4, 0.5) is 5.69 Å². The maximum atomic E-state index is 11.6. The molecule has 1 aromatic carbocycles. The number of anilines is 1. The lowest BCUT2D eigenvalue weighted by Gasteiger charge is -2.10. The van der Waals surface area contributed by atoms with E-state index in [1.165, 1.54) is 0 Å². The van der Waals surface area contributed by atoms with Crippen molar-refractivity contribution in [2.75, 3.05) is 32.6 Å². The Balaban J connectivity index is 2.46. The summed E-state index contributed by atoms with van der Waals surface area (Å²) in [6.45, 7) is 1.47. The van der Waals surface area contributed by atoms with Gasteiger partial charge in [0.1, 0.15) is 0 Å². The number of hydrazine groups is 1. The van der Waals surface area contributed by atoms with Gasteiger partial charge in [0.25, 0.3) is 5.91 Å². The summed E-state index contributed by atoms with van der Waals surface area (Å²) in [5.74, 6) is 5.17. The summed E-state index contributed by atoms with van der Waals surface area (Å²) in [5, 5.41) is 2.84. The number of nitrogens with two attached hydrogens (primary N) is 1. The molecular weight excluding hydrogens is 204 g/mol. The number of nitrogens with zero attached hydrogens (tertiary/aromatic N) is 1. The van der Waals surface area contributed by atoms with Crippen LogP contribution in [0.15, 0.2) is 24.3 Å². The third kappa shape index (κ3) is 3.88. The van der Waals surface area contributed by atoms with Crippen molar-refractivity contribution in [3.63, 3.8) is 0 Å². The zero-order chi connectivity index (χ0) is 12.0. The molecule has 0 atom stereocenters. The smallest absolute Gasteiger partial charge is 0.251 e. The van der Waals surface area contributed by atoms with Gasteiger partial charge in [0.05, 0.1) is 0 Å². The molecule has 0 aromatic heterocycles. The molecule has 1 aromatic rings. The van der Waals surface area contributed by atoms with Crippen LogP contribution < -0.4 is 16.6 Å². The third-order valence-corrected chi connectivity index (χ3v) is 2.16. The van der Waals surface area contributed by atoms with Gasteiger partial charge in [-0.2, -0.15) is 0 Å². The molecule has 0 saturated carbocycles. The lowest BCUT2D eigenvalue weighted by molar-refractivity contribution is 0.0951. The minimum Gasteiger partial charge on any atom is -0.351 e. The molecule has 88 valence electrons. The Bertz CT molecular complexity index is 334. The minimum absolute atomic E-state index is 0.0644. The van der Waals surface area contributed by atoms with E-state index in [2.05, 4.69) is 10.7 Å². The van der Waals surface area contributed by atoms with Crippen molar-refractivity contribution in [3.8, 4) is 0 Å². The van der Waals surface area contributed by atoms with Gasteiger partial charge in [0.15, 0.2) is 0 Å². The summed E-state index contributed by atoms with van der Waals surface area (Å²) >= 11 is 0. The Morgan fingerprint density at radius 2 is 1.94 bits per heavy atom. The summed E-state index contributed by atoms with van der Waals surface area (Å²) in [5.41, 5.74) is 3.93. The van der Waals surface area contributed by atoms with E-state index in [-0.39, 0.29) is 5.91 Å². The molecule has 0 radical (unpaired) electrons. The Labute approximate surface area is 95.6 Å². The summed E-state index contributed by atoms with van der Waals surface area (Å²) in [6.07, 6.45) is 0. The van der Waals surface area contributed by atoms with Crippen molar-refractivity contribution in [1.82, 2.24) is 10.2 Å². The normalized spacial score (nSPS) is 10.2. The first kappa shape index (κ1) is 12.5. The van der Waals surface area contributed by atoms with Crippen LogP contribution in [0.1, 0.15) is 10.4 Å². The van der Waals surface area contributed by atoms with Crippen molar-refractivity contribution in [3.05, 3.63) is 29.8 Å². The van der Waals surface area contributed by atoms with Gasteiger partial charge in [-0.25, -0.2) is 0 Å². The number of amides is 1. The Kier molecular flexibility index (Phi) is 4.75. The first-order valence-corrected chi connectivity index (χ1v) is 5.13. The number of carbonyl (C=O) groups excluding carboxylic acids is 1. The number of hydrogen-bond acceptors (Lipinski definition) is 4. The minimum atomic E-state index is -0.0644. The highest BCUT2D eigenvalue weighted by Crippen LogP contribution is 2.07. The molecule has 1 rings (SSSR count). The van der Waals surface area contributed by atoms with Crippen LogP contribution in [-0.2, 0) is 0 Å². The fourth-order valence-electron chi connectivity index (χ4n) is 1.21. The van der Waals surface area contributed by atoms with Gasteiger partial charge in [-0.3, -0.25) is 10.6 Å². The van der Waals surface area contributed by atoms with Gasteiger partial charge in [-0.15, -0.1) is 0 Å². The molecule has 5 nitrogen and oxygen atoms in total. The molecule has 0 aliphatic rings. The van der Waals surface area contributed by atoms with Crippen molar-refractivity contribution in [2.45, 2.75) is 0 Å². The number of nitrogen functional groups attached to an aromatic ring is 1. The molecule has 4 N–H and O–H groups in total. The van der Waals surface area contributed by atoms with E-state index in [9.17, 15) is 4.79 Å². The molecule has 16 heavy (non-hydrogen) atoms. The SMILES string of the molecule is CN(C)CCNC(=O)c1ccc(NN)cc1. The molecule has 0 aliphatic carbocycles. The number of likely N-dealkylation sites (N-methyl/N-ethyl adjacent to an activating group) is 1. The van der Waals surface area contributed by atoms with Gasteiger partial charge < -0.3 is 15.6 Å². The Morgan fingerprint density at radius 1 is 1.31 bits per heavy atom. The van der Waals surface area contributed by atoms with Crippen molar-refractivity contribution in [2.24, 2.45) is 5.84 Å². The highest BCUT2D eigenvalue weighted by atomic mass is 16.1. The van der Waals surface area contributed by atoms with E-state index in [4.69, 9.17) is 5.84 Å². The average Bonchev–Trinajstić information content (AvgIpc) is 2.28. The molecule has 0 heterocycles. The molecule has 5 heteroatoms. The quantitative estimate of drug-likeness (QED) is 0.494. The molecule has 0 spiro atoms. The second-order valence-electron chi connectivity index (χ2n) is 3.78. The first-order chi connectivity index (χ1) is 7.63. The van der Waals surface area contributed by atoms with Crippen molar-refractivity contribution < 1.29 is 4.79 Å². The van der Waals surface area contributed by atoms with Crippen molar-refractivity contribution >= 4 is 11.6 Å². The van der Waals surface area contributed by atoms with E-state index in [1.54, 1.807) is 24.3 Å². The van der Waals surface area contributed by atoms with Crippen LogP contribution in [0.3, 0.4) is 0 Å². The van der Waals surface area contributed by atoms with E-state index in [0.717, 1.165) is 12.2 Å². The maximum absolute atomic E-state index is 11.6. The summed E-state index contributed by atoms with van der Waals surface area (Å²) in [4.78, 5) is 13.7. The van der Waals surface area contributed by atoms with Gasteiger partial charge in [-0.1, -0.05) is 0 Å². The number of hydrogen-bond donors (Lipinski definition) is 3. The van der Waals surface area contributed by atoms with Gasteiger partial charge >= 0.3 is 0 Å². The van der Waals surface area contributed by atoms with Crippen LogP contribution in [0.25, 0.3) is 0 Å². The Hall–Kier alpha value is -1.59. The lowest BCUT2D eigenvalue weighted by atomic mass is 10.2. The predicted molar refractivity (Wildman–Crippen MR) is 65.1 cm³/mol. The molecular formula is C11H18N4O. The van der Waals surface area contributed by atoms with Crippen LogP contribution in [-0.4, -0.2) is 38.0 Å². The van der Waals surface area contributed by atoms with Gasteiger partial charge in [0, 0.05) is 24.3 Å². The second-order valence-corrected chi connectivity index (χ2v) is 3.78. The first-order valence-electron chi connectivity index (χ1n) is 5.13. The van der Waals surface area contributed by atoms with E-state index in [1.807, 2.05) is 19.0 Å². The van der Waals surface area contributed by atoms with Gasteiger partial charge in [0.2, 0.25) is 0 Å². The number of carbonyl (C=O) groups is 1. The van der Waals surface area contributed by atoms with Crippen LogP contribution in [0.5, 0.6) is 0 Å². The molecule has 1 amide bonds. The predicted octanol–water partition coefficient (Wildman–Crippen LogP) is 0.264. The lowest BCUT2D eigenvalue weighted by Crippen LogP contribution is -2.31. The zero-order valence-electron chi connectivity index (χ0n) is 9.66. The topological polar surface area (TPSA) is 70.4 Å². The van der Waals surface area contributed by atoms with E-state index >= 15 is 0 Å². The van der Waals surface area contributed by atoms with Gasteiger partial charge in [-0.05, 0) is 38.4 Å². The maximum Gasteiger partial charge on any atom is 0.251 e. The zero-order valence-corrected chi connectivity index (χ0v) is 9.66. The van der Waals surface area contributed by atoms with E-state index in [0.29, 0.717) is 12.1 Å². The summed E-state index contributed by atoms with van der Waals surface area (Å²) < 4.78 is 0. The number of rotatable bonds is 5. The number of nitrogens with one attached hydrogen (secondary N) is 2. The third-order valence-electron chi connectivity index (χ3n) is 2.16. The van der Waals surface area contributed by atoms with Crippen LogP contribution in [0, 0.1) is 0 Å².